The van der Waals surface area contributed by atoms with Crippen molar-refractivity contribution < 1.29 is 14.3 Å². The lowest BCUT2D eigenvalue weighted by Crippen LogP contribution is -2.22. The number of aromatic nitrogens is 2. The highest BCUT2D eigenvalue weighted by atomic mass is 16.5. The number of benzene rings is 2. The number of hydrogen-bond acceptors (Lipinski definition) is 4. The zero-order valence-corrected chi connectivity index (χ0v) is 19.2. The molecule has 0 saturated carbocycles. The molecular weight excluding hydrogens is 402 g/mol. The van der Waals surface area contributed by atoms with E-state index < -0.39 is 0 Å². The Labute approximate surface area is 189 Å². The van der Waals surface area contributed by atoms with Crippen LogP contribution in [0.2, 0.25) is 0 Å². The van der Waals surface area contributed by atoms with Crippen LogP contribution in [0.3, 0.4) is 0 Å². The van der Waals surface area contributed by atoms with E-state index in [0.29, 0.717) is 18.0 Å². The Bertz CT molecular complexity index is 1060. The third-order valence-electron chi connectivity index (χ3n) is 4.92. The van der Waals surface area contributed by atoms with Crippen molar-refractivity contribution in [2.75, 3.05) is 13.7 Å². The van der Waals surface area contributed by atoms with Gasteiger partial charge in [-0.05, 0) is 75.1 Å². The van der Waals surface area contributed by atoms with Crippen molar-refractivity contribution in [1.29, 1.82) is 0 Å². The molecule has 0 saturated heterocycles. The monoisotopic (exact) mass is 433 g/mol. The van der Waals surface area contributed by atoms with Crippen LogP contribution >= 0.6 is 0 Å². The molecule has 0 aliphatic rings. The van der Waals surface area contributed by atoms with E-state index in [0.717, 1.165) is 29.8 Å². The Morgan fingerprint density at radius 1 is 1.16 bits per heavy atom. The fraction of sp³-hybridized carbons (Fsp3) is 0.308. The molecule has 0 aliphatic carbocycles. The number of para-hydroxylation sites is 1. The SMILES string of the molecule is COc1cc(C=CC(=O)NCCCc2cn(-c3ccccc3)nc2C)ccc1OC(C)C. The highest BCUT2D eigenvalue weighted by molar-refractivity contribution is 5.91. The summed E-state index contributed by atoms with van der Waals surface area (Å²) >= 11 is 0. The fourth-order valence-corrected chi connectivity index (χ4v) is 3.31. The lowest BCUT2D eigenvalue weighted by atomic mass is 10.1. The van der Waals surface area contributed by atoms with E-state index in [4.69, 9.17) is 9.47 Å². The number of carbonyl (C=O) groups excluding carboxylic acids is 1. The first kappa shape index (κ1) is 23.1. The van der Waals surface area contributed by atoms with Gasteiger partial charge in [-0.15, -0.1) is 0 Å². The molecule has 0 atom stereocenters. The Hall–Kier alpha value is -3.54. The van der Waals surface area contributed by atoms with Gasteiger partial charge in [0, 0.05) is 18.8 Å². The lowest BCUT2D eigenvalue weighted by Gasteiger charge is -2.13. The number of carbonyl (C=O) groups is 1. The van der Waals surface area contributed by atoms with Crippen LogP contribution in [0.4, 0.5) is 0 Å². The van der Waals surface area contributed by atoms with Crippen LogP contribution in [0.1, 0.15) is 37.1 Å². The number of nitrogens with zero attached hydrogens (tertiary/aromatic N) is 2. The molecule has 1 amide bonds. The van der Waals surface area contributed by atoms with Gasteiger partial charge in [-0.1, -0.05) is 24.3 Å². The van der Waals surface area contributed by atoms with Gasteiger partial charge in [-0.2, -0.15) is 5.10 Å². The number of rotatable bonds is 10. The smallest absolute Gasteiger partial charge is 0.243 e. The van der Waals surface area contributed by atoms with E-state index in [9.17, 15) is 4.79 Å². The maximum absolute atomic E-state index is 12.2. The van der Waals surface area contributed by atoms with E-state index in [2.05, 4.69) is 16.6 Å². The minimum Gasteiger partial charge on any atom is -0.493 e. The number of aryl methyl sites for hydroxylation is 2. The molecule has 0 spiro atoms. The Morgan fingerprint density at radius 2 is 1.94 bits per heavy atom. The summed E-state index contributed by atoms with van der Waals surface area (Å²) in [5.74, 6) is 1.21. The van der Waals surface area contributed by atoms with E-state index in [1.807, 2.05) is 74.0 Å². The van der Waals surface area contributed by atoms with Crippen LogP contribution in [-0.4, -0.2) is 35.4 Å². The molecule has 6 nitrogen and oxygen atoms in total. The Morgan fingerprint density at radius 3 is 2.66 bits per heavy atom. The van der Waals surface area contributed by atoms with Crippen LogP contribution in [-0.2, 0) is 11.2 Å². The second-order valence-electron chi connectivity index (χ2n) is 7.82. The van der Waals surface area contributed by atoms with Crippen LogP contribution in [0.15, 0.2) is 60.8 Å². The second-order valence-corrected chi connectivity index (χ2v) is 7.82. The third kappa shape index (κ3) is 6.48. The highest BCUT2D eigenvalue weighted by Gasteiger charge is 2.08. The van der Waals surface area contributed by atoms with Crippen LogP contribution in [0.5, 0.6) is 11.5 Å². The van der Waals surface area contributed by atoms with Gasteiger partial charge >= 0.3 is 0 Å². The van der Waals surface area contributed by atoms with Crippen molar-refractivity contribution in [1.82, 2.24) is 15.1 Å². The summed E-state index contributed by atoms with van der Waals surface area (Å²) in [5.41, 5.74) is 4.12. The summed E-state index contributed by atoms with van der Waals surface area (Å²) in [7, 11) is 1.61. The first-order chi connectivity index (χ1) is 15.5. The summed E-state index contributed by atoms with van der Waals surface area (Å²) in [6.07, 6.45) is 7.13. The molecule has 1 heterocycles. The predicted octanol–water partition coefficient (Wildman–Crippen LogP) is 4.74. The minimum atomic E-state index is -0.122. The first-order valence-corrected chi connectivity index (χ1v) is 10.9. The van der Waals surface area contributed by atoms with Crippen LogP contribution < -0.4 is 14.8 Å². The van der Waals surface area contributed by atoms with Crippen molar-refractivity contribution in [2.24, 2.45) is 0 Å². The van der Waals surface area contributed by atoms with Gasteiger partial charge in [0.2, 0.25) is 5.91 Å². The molecular formula is C26H31N3O3. The fourth-order valence-electron chi connectivity index (χ4n) is 3.31. The van der Waals surface area contributed by atoms with E-state index in [1.165, 1.54) is 11.6 Å². The average molecular weight is 434 g/mol. The lowest BCUT2D eigenvalue weighted by molar-refractivity contribution is -0.116. The number of methoxy groups -OCH3 is 1. The summed E-state index contributed by atoms with van der Waals surface area (Å²) in [5, 5.41) is 7.53. The van der Waals surface area contributed by atoms with Crippen molar-refractivity contribution in [2.45, 2.75) is 39.7 Å². The molecule has 1 N–H and O–H groups in total. The molecule has 3 aromatic rings. The largest absolute Gasteiger partial charge is 0.493 e. The first-order valence-electron chi connectivity index (χ1n) is 10.9. The Kier molecular flexibility index (Phi) is 8.08. The highest BCUT2D eigenvalue weighted by Crippen LogP contribution is 2.29. The topological polar surface area (TPSA) is 65.4 Å². The van der Waals surface area contributed by atoms with Crippen molar-refractivity contribution >= 4 is 12.0 Å². The minimum absolute atomic E-state index is 0.0625. The third-order valence-corrected chi connectivity index (χ3v) is 4.92. The molecule has 6 heteroatoms. The number of ether oxygens (including phenoxy) is 2. The summed E-state index contributed by atoms with van der Waals surface area (Å²) in [6, 6.07) is 15.7. The Balaban J connectivity index is 1.47. The zero-order chi connectivity index (χ0) is 22.9. The molecule has 0 fully saturated rings. The van der Waals surface area contributed by atoms with E-state index in [1.54, 1.807) is 13.2 Å². The molecule has 168 valence electrons. The summed E-state index contributed by atoms with van der Waals surface area (Å²) < 4.78 is 13.0. The van der Waals surface area contributed by atoms with Gasteiger partial charge in [0.25, 0.3) is 0 Å². The normalized spacial score (nSPS) is 11.2. The zero-order valence-electron chi connectivity index (χ0n) is 19.2. The molecule has 0 aliphatic heterocycles. The van der Waals surface area contributed by atoms with Gasteiger partial charge in [-0.3, -0.25) is 4.79 Å². The van der Waals surface area contributed by atoms with Gasteiger partial charge in [-0.25, -0.2) is 4.68 Å². The molecule has 32 heavy (non-hydrogen) atoms. The van der Waals surface area contributed by atoms with Gasteiger partial charge < -0.3 is 14.8 Å². The molecule has 0 unspecified atom stereocenters. The van der Waals surface area contributed by atoms with Crippen LogP contribution in [0, 0.1) is 6.92 Å². The molecule has 0 bridgehead atoms. The van der Waals surface area contributed by atoms with Crippen molar-refractivity contribution in [3.63, 3.8) is 0 Å². The molecule has 3 rings (SSSR count). The van der Waals surface area contributed by atoms with E-state index in [-0.39, 0.29) is 12.0 Å². The van der Waals surface area contributed by atoms with E-state index >= 15 is 0 Å². The maximum Gasteiger partial charge on any atom is 0.243 e. The second kappa shape index (κ2) is 11.2. The number of amides is 1. The standard InChI is InChI=1S/C26H31N3O3/c1-19(2)32-24-14-12-21(17-25(24)31-4)13-15-26(30)27-16-8-9-22-18-29(28-20(22)3)23-10-6-5-7-11-23/h5-7,10-15,17-19H,8-9,16H2,1-4H3,(H,27,30). The number of hydrogen-bond donors (Lipinski definition) is 1. The van der Waals surface area contributed by atoms with Crippen LogP contribution in [0.25, 0.3) is 11.8 Å². The van der Waals surface area contributed by atoms with Gasteiger partial charge in [0.15, 0.2) is 11.5 Å². The quantitative estimate of drug-likeness (QED) is 0.371. The van der Waals surface area contributed by atoms with Gasteiger partial charge in [0.1, 0.15) is 0 Å². The van der Waals surface area contributed by atoms with Gasteiger partial charge in [0.05, 0.1) is 24.6 Å². The summed E-state index contributed by atoms with van der Waals surface area (Å²) in [6.45, 7) is 6.55. The van der Waals surface area contributed by atoms with Crippen molar-refractivity contribution in [3.05, 3.63) is 77.6 Å². The summed E-state index contributed by atoms with van der Waals surface area (Å²) in [4.78, 5) is 12.2. The maximum atomic E-state index is 12.2. The predicted molar refractivity (Wildman–Crippen MR) is 127 cm³/mol. The van der Waals surface area contributed by atoms with Crippen molar-refractivity contribution in [3.8, 4) is 17.2 Å². The average Bonchev–Trinajstić information content (AvgIpc) is 3.16. The molecule has 2 aromatic carbocycles. The number of nitrogens with one attached hydrogen (secondary N) is 1. The molecule has 0 radical (unpaired) electrons. The molecule has 1 aromatic heterocycles.